The number of nitrogens with one attached hydrogen (secondary N) is 1. The number of carbonyl (C=O) groups excluding carboxylic acids is 2. The SMILES string of the molecule is COc1ccc(CN(CC#Cc2ccnc(C(=O)N3CCCN(C(=O)O)CC3)c2)C(=O)c2cc(Cl)c[nH]2)c(OC)c1. The fraction of sp³-hybridized carbons (Fsp3) is 0.310. The van der Waals surface area contributed by atoms with Crippen molar-refractivity contribution in [1.29, 1.82) is 0 Å². The van der Waals surface area contributed by atoms with E-state index >= 15 is 0 Å². The van der Waals surface area contributed by atoms with Gasteiger partial charge in [-0.25, -0.2) is 4.79 Å². The zero-order chi connectivity index (χ0) is 29.4. The van der Waals surface area contributed by atoms with Gasteiger partial charge >= 0.3 is 6.09 Å². The van der Waals surface area contributed by atoms with Gasteiger partial charge in [0.15, 0.2) is 0 Å². The lowest BCUT2D eigenvalue weighted by Gasteiger charge is -2.21. The number of pyridine rings is 1. The predicted octanol–water partition coefficient (Wildman–Crippen LogP) is 3.60. The van der Waals surface area contributed by atoms with Crippen molar-refractivity contribution in [2.24, 2.45) is 0 Å². The topological polar surface area (TPSA) is 128 Å². The fourth-order valence-electron chi connectivity index (χ4n) is 4.39. The van der Waals surface area contributed by atoms with Gasteiger partial charge in [0.25, 0.3) is 11.8 Å². The second kappa shape index (κ2) is 13.6. The summed E-state index contributed by atoms with van der Waals surface area (Å²) >= 11 is 6.03. The Morgan fingerprint density at radius 3 is 2.56 bits per heavy atom. The van der Waals surface area contributed by atoms with Crippen LogP contribution in [0.5, 0.6) is 11.5 Å². The van der Waals surface area contributed by atoms with Crippen molar-refractivity contribution in [2.75, 3.05) is 46.9 Å². The molecule has 1 aliphatic rings. The molecule has 3 amide bonds. The lowest BCUT2D eigenvalue weighted by molar-refractivity contribution is 0.0749. The molecule has 1 aliphatic heterocycles. The molecule has 0 radical (unpaired) electrons. The number of nitrogens with zero attached hydrogens (tertiary/aromatic N) is 4. The van der Waals surface area contributed by atoms with Gasteiger partial charge in [-0.2, -0.15) is 0 Å². The van der Waals surface area contributed by atoms with Crippen LogP contribution < -0.4 is 9.47 Å². The van der Waals surface area contributed by atoms with Crippen LogP contribution in [0.4, 0.5) is 4.79 Å². The zero-order valence-electron chi connectivity index (χ0n) is 22.7. The Hall–Kier alpha value is -4.69. The number of rotatable bonds is 7. The molecule has 1 saturated heterocycles. The first-order chi connectivity index (χ1) is 19.8. The molecule has 41 heavy (non-hydrogen) atoms. The molecule has 0 atom stereocenters. The van der Waals surface area contributed by atoms with E-state index in [-0.39, 0.29) is 43.7 Å². The molecule has 12 heteroatoms. The number of methoxy groups -OCH3 is 2. The van der Waals surface area contributed by atoms with Crippen molar-refractivity contribution >= 4 is 29.5 Å². The maximum Gasteiger partial charge on any atom is 0.407 e. The number of amides is 3. The average Bonchev–Trinajstić information content (AvgIpc) is 3.26. The second-order valence-corrected chi connectivity index (χ2v) is 9.65. The van der Waals surface area contributed by atoms with Gasteiger partial charge in [0.1, 0.15) is 22.9 Å². The molecule has 11 nitrogen and oxygen atoms in total. The molecule has 2 N–H and O–H groups in total. The molecular formula is C29H30ClN5O6. The van der Waals surface area contributed by atoms with Gasteiger partial charge in [-0.15, -0.1) is 0 Å². The first-order valence-corrected chi connectivity index (χ1v) is 13.2. The van der Waals surface area contributed by atoms with Gasteiger partial charge in [0.2, 0.25) is 0 Å². The Labute approximate surface area is 242 Å². The quantitative estimate of drug-likeness (QED) is 0.409. The molecule has 214 valence electrons. The van der Waals surface area contributed by atoms with Crippen LogP contribution in [0.25, 0.3) is 0 Å². The van der Waals surface area contributed by atoms with Crippen LogP contribution in [0.15, 0.2) is 48.8 Å². The predicted molar refractivity (Wildman–Crippen MR) is 151 cm³/mol. The average molecular weight is 580 g/mol. The molecule has 0 aliphatic carbocycles. The summed E-state index contributed by atoms with van der Waals surface area (Å²) in [7, 11) is 3.11. The summed E-state index contributed by atoms with van der Waals surface area (Å²) < 4.78 is 10.8. The number of hydrogen-bond acceptors (Lipinski definition) is 6. The highest BCUT2D eigenvalue weighted by Gasteiger charge is 2.23. The number of halogens is 1. The van der Waals surface area contributed by atoms with Crippen molar-refractivity contribution in [3.63, 3.8) is 0 Å². The minimum atomic E-state index is -0.994. The van der Waals surface area contributed by atoms with Crippen LogP contribution in [-0.4, -0.2) is 94.6 Å². The summed E-state index contributed by atoms with van der Waals surface area (Å²) in [4.78, 5) is 49.3. The summed E-state index contributed by atoms with van der Waals surface area (Å²) in [5.41, 5.74) is 1.86. The number of H-pyrrole nitrogens is 1. The van der Waals surface area contributed by atoms with E-state index in [1.807, 2.05) is 6.07 Å². The van der Waals surface area contributed by atoms with Crippen molar-refractivity contribution in [3.05, 3.63) is 76.3 Å². The molecule has 1 aromatic carbocycles. The van der Waals surface area contributed by atoms with Crippen LogP contribution in [0, 0.1) is 11.8 Å². The molecule has 3 heterocycles. The monoisotopic (exact) mass is 579 g/mol. The van der Waals surface area contributed by atoms with E-state index in [1.54, 1.807) is 54.4 Å². The molecule has 0 saturated carbocycles. The fourth-order valence-corrected chi connectivity index (χ4v) is 4.55. The van der Waals surface area contributed by atoms with E-state index < -0.39 is 6.09 Å². The van der Waals surface area contributed by atoms with Crippen molar-refractivity contribution < 1.29 is 29.0 Å². The number of carboxylic acid groups (broad SMARTS) is 1. The Balaban J connectivity index is 1.51. The Bertz CT molecular complexity index is 1480. The van der Waals surface area contributed by atoms with Crippen LogP contribution in [0.1, 0.15) is 38.5 Å². The molecule has 3 aromatic rings. The third-order valence-corrected chi connectivity index (χ3v) is 6.77. The summed E-state index contributed by atoms with van der Waals surface area (Å²) in [6, 6.07) is 10.2. The molecular weight excluding hydrogens is 550 g/mol. The van der Waals surface area contributed by atoms with E-state index in [4.69, 9.17) is 21.1 Å². The minimum Gasteiger partial charge on any atom is -0.497 e. The van der Waals surface area contributed by atoms with Crippen LogP contribution in [0.3, 0.4) is 0 Å². The second-order valence-electron chi connectivity index (χ2n) is 9.22. The molecule has 2 aromatic heterocycles. The van der Waals surface area contributed by atoms with Crippen LogP contribution in [0.2, 0.25) is 5.02 Å². The number of aromatic amines is 1. The van der Waals surface area contributed by atoms with Gasteiger partial charge < -0.3 is 34.3 Å². The van der Waals surface area contributed by atoms with Gasteiger partial charge in [-0.3, -0.25) is 14.6 Å². The number of aromatic nitrogens is 2. The number of benzene rings is 1. The lowest BCUT2D eigenvalue weighted by atomic mass is 10.1. The third kappa shape index (κ3) is 7.49. The van der Waals surface area contributed by atoms with Gasteiger partial charge in [0, 0.05) is 55.8 Å². The van der Waals surface area contributed by atoms with Gasteiger partial charge in [-0.1, -0.05) is 23.4 Å². The Morgan fingerprint density at radius 2 is 1.85 bits per heavy atom. The molecule has 1 fully saturated rings. The molecule has 4 rings (SSSR count). The third-order valence-electron chi connectivity index (χ3n) is 6.56. The van der Waals surface area contributed by atoms with Crippen molar-refractivity contribution in [3.8, 4) is 23.3 Å². The highest BCUT2D eigenvalue weighted by atomic mass is 35.5. The Morgan fingerprint density at radius 1 is 1.07 bits per heavy atom. The van der Waals surface area contributed by atoms with E-state index in [1.165, 1.54) is 17.3 Å². The van der Waals surface area contributed by atoms with E-state index in [2.05, 4.69) is 21.8 Å². The number of ether oxygens (including phenoxy) is 2. The number of hydrogen-bond donors (Lipinski definition) is 2. The summed E-state index contributed by atoms with van der Waals surface area (Å²) in [6.07, 6.45) is 2.59. The first kappa shape index (κ1) is 29.3. The van der Waals surface area contributed by atoms with Crippen molar-refractivity contribution in [2.45, 2.75) is 13.0 Å². The normalized spacial score (nSPS) is 13.0. The van der Waals surface area contributed by atoms with Crippen molar-refractivity contribution in [1.82, 2.24) is 24.7 Å². The highest BCUT2D eigenvalue weighted by Crippen LogP contribution is 2.26. The van der Waals surface area contributed by atoms with E-state index in [9.17, 15) is 19.5 Å². The zero-order valence-corrected chi connectivity index (χ0v) is 23.5. The molecule has 0 bridgehead atoms. The molecule has 0 spiro atoms. The molecule has 0 unspecified atom stereocenters. The first-order valence-electron chi connectivity index (χ1n) is 12.8. The maximum atomic E-state index is 13.3. The Kier molecular flexibility index (Phi) is 9.71. The summed E-state index contributed by atoms with van der Waals surface area (Å²) in [6.45, 7) is 1.64. The number of carbonyl (C=O) groups is 3. The summed E-state index contributed by atoms with van der Waals surface area (Å²) in [5, 5.41) is 9.66. The van der Waals surface area contributed by atoms with Crippen LogP contribution >= 0.6 is 11.6 Å². The smallest absolute Gasteiger partial charge is 0.407 e. The van der Waals surface area contributed by atoms with Gasteiger partial charge in [-0.05, 0) is 36.8 Å². The lowest BCUT2D eigenvalue weighted by Crippen LogP contribution is -2.37. The highest BCUT2D eigenvalue weighted by molar-refractivity contribution is 6.30. The van der Waals surface area contributed by atoms with Gasteiger partial charge in [0.05, 0.1) is 32.3 Å². The standard InChI is InChI=1S/C29H30ClN5O6/c1-40-23-7-6-21(26(17-23)41-2)19-35(28(37)25-16-22(30)18-32-25)10-3-5-20-8-9-31-24(15-20)27(36)33-11-4-12-34(14-13-33)29(38)39/h6-9,15-18,32H,4,10-14,19H2,1-2H3,(H,38,39). The van der Waals surface area contributed by atoms with E-state index in [0.717, 1.165) is 5.56 Å². The minimum absolute atomic E-state index is 0.0768. The summed E-state index contributed by atoms with van der Waals surface area (Å²) in [5.74, 6) is 6.66. The maximum absolute atomic E-state index is 13.3. The van der Waals surface area contributed by atoms with E-state index in [0.29, 0.717) is 47.3 Å². The van der Waals surface area contributed by atoms with Crippen LogP contribution in [-0.2, 0) is 6.54 Å². The largest absolute Gasteiger partial charge is 0.497 e.